The molecule has 0 fully saturated rings. The maximum absolute atomic E-state index is 4.41. The maximum atomic E-state index is 4.41. The number of nitrogens with zero attached hydrogens (tertiary/aromatic N) is 1. The van der Waals surface area contributed by atoms with Crippen molar-refractivity contribution < 1.29 is 0 Å². The van der Waals surface area contributed by atoms with Gasteiger partial charge in [-0.15, -0.1) is 11.3 Å². The zero-order valence-electron chi connectivity index (χ0n) is 10.2. The van der Waals surface area contributed by atoms with Crippen molar-refractivity contribution in [2.75, 3.05) is 13.1 Å². The van der Waals surface area contributed by atoms with E-state index in [9.17, 15) is 0 Å². The van der Waals surface area contributed by atoms with Gasteiger partial charge in [-0.1, -0.05) is 27.2 Å². The molecule has 1 aromatic rings. The fourth-order valence-electron chi connectivity index (χ4n) is 1.38. The van der Waals surface area contributed by atoms with Gasteiger partial charge in [0.25, 0.3) is 0 Å². The van der Waals surface area contributed by atoms with E-state index >= 15 is 0 Å². The van der Waals surface area contributed by atoms with E-state index in [1.165, 1.54) is 16.3 Å². The molecule has 2 atom stereocenters. The molecule has 0 bridgehead atoms. The van der Waals surface area contributed by atoms with Crippen LogP contribution in [0.1, 0.15) is 43.0 Å². The molecule has 0 radical (unpaired) electrons. The van der Waals surface area contributed by atoms with Crippen molar-refractivity contribution in [3.8, 4) is 0 Å². The Bertz CT molecular complexity index is 283. The Balaban J connectivity index is 2.27. The summed E-state index contributed by atoms with van der Waals surface area (Å²) in [6, 6.07) is 0. The van der Waals surface area contributed by atoms with Gasteiger partial charge in [0.2, 0.25) is 0 Å². The van der Waals surface area contributed by atoms with Crippen LogP contribution in [0.5, 0.6) is 0 Å². The van der Waals surface area contributed by atoms with E-state index in [0.29, 0.717) is 5.92 Å². The molecule has 2 nitrogen and oxygen atoms in total. The summed E-state index contributed by atoms with van der Waals surface area (Å²) in [5.74, 6) is 1.31. The minimum absolute atomic E-state index is 0.535. The molecule has 1 N–H and O–H groups in total. The highest BCUT2D eigenvalue weighted by Gasteiger charge is 2.09. The molecule has 0 spiro atoms. The number of nitrogens with one attached hydrogen (secondary N) is 1. The predicted octanol–water partition coefficient (Wildman–Crippen LogP) is 3.19. The molecular weight excluding hydrogens is 204 g/mol. The average Bonchev–Trinajstić information content (AvgIpc) is 2.64. The molecule has 0 saturated heterocycles. The summed E-state index contributed by atoms with van der Waals surface area (Å²) >= 11 is 1.81. The molecule has 0 aromatic carbocycles. The first kappa shape index (κ1) is 12.7. The van der Waals surface area contributed by atoms with Crippen molar-refractivity contribution in [2.24, 2.45) is 5.92 Å². The normalized spacial score (nSPS) is 15.2. The second kappa shape index (κ2) is 6.23. The summed E-state index contributed by atoms with van der Waals surface area (Å²) in [5, 5.41) is 4.76. The molecule has 0 aliphatic carbocycles. The predicted molar refractivity (Wildman–Crippen MR) is 67.6 cm³/mol. The Morgan fingerprint density at radius 1 is 1.40 bits per heavy atom. The Morgan fingerprint density at radius 2 is 2.13 bits per heavy atom. The number of thiazole rings is 1. The Morgan fingerprint density at radius 3 is 2.67 bits per heavy atom. The lowest BCUT2D eigenvalue weighted by atomic mass is 10.1. The van der Waals surface area contributed by atoms with Crippen LogP contribution >= 0.6 is 11.3 Å². The Hall–Kier alpha value is -0.410. The SMILES string of the molecule is CCC(C)CNCC(C)c1ncc(C)s1. The van der Waals surface area contributed by atoms with Gasteiger partial charge in [-0.2, -0.15) is 0 Å². The smallest absolute Gasteiger partial charge is 0.0968 e. The Kier molecular flexibility index (Phi) is 5.26. The molecule has 2 unspecified atom stereocenters. The number of aromatic nitrogens is 1. The highest BCUT2D eigenvalue weighted by atomic mass is 32.1. The van der Waals surface area contributed by atoms with E-state index in [2.05, 4.69) is 38.0 Å². The van der Waals surface area contributed by atoms with Crippen molar-refractivity contribution in [3.05, 3.63) is 16.1 Å². The highest BCUT2D eigenvalue weighted by molar-refractivity contribution is 7.11. The van der Waals surface area contributed by atoms with Crippen molar-refractivity contribution >= 4 is 11.3 Å². The average molecular weight is 226 g/mol. The number of aryl methyl sites for hydroxylation is 1. The van der Waals surface area contributed by atoms with Gasteiger partial charge in [0.05, 0.1) is 5.01 Å². The third kappa shape index (κ3) is 4.31. The van der Waals surface area contributed by atoms with Crippen LogP contribution in [0.4, 0.5) is 0 Å². The minimum atomic E-state index is 0.535. The molecule has 1 aromatic heterocycles. The molecule has 0 aliphatic heterocycles. The van der Waals surface area contributed by atoms with Crippen LogP contribution in [0.25, 0.3) is 0 Å². The van der Waals surface area contributed by atoms with E-state index in [1.807, 2.05) is 17.5 Å². The van der Waals surface area contributed by atoms with Crippen LogP contribution < -0.4 is 5.32 Å². The van der Waals surface area contributed by atoms with Gasteiger partial charge in [0.15, 0.2) is 0 Å². The molecule has 1 heterocycles. The maximum Gasteiger partial charge on any atom is 0.0968 e. The van der Waals surface area contributed by atoms with Crippen LogP contribution in [-0.4, -0.2) is 18.1 Å². The standard InChI is InChI=1S/C12H22N2S/c1-5-9(2)6-13-7-10(3)12-14-8-11(4)15-12/h8-10,13H,5-7H2,1-4H3. The van der Waals surface area contributed by atoms with Crippen LogP contribution in [0.15, 0.2) is 6.20 Å². The van der Waals surface area contributed by atoms with Crippen molar-refractivity contribution in [1.29, 1.82) is 0 Å². The van der Waals surface area contributed by atoms with Gasteiger partial charge in [0.1, 0.15) is 0 Å². The monoisotopic (exact) mass is 226 g/mol. The molecule has 15 heavy (non-hydrogen) atoms. The first-order chi connectivity index (χ1) is 7.13. The molecule has 3 heteroatoms. The van der Waals surface area contributed by atoms with Gasteiger partial charge < -0.3 is 5.32 Å². The zero-order chi connectivity index (χ0) is 11.3. The van der Waals surface area contributed by atoms with E-state index in [1.54, 1.807) is 0 Å². The lowest BCUT2D eigenvalue weighted by Gasteiger charge is -2.13. The van der Waals surface area contributed by atoms with Gasteiger partial charge in [-0.25, -0.2) is 4.98 Å². The second-order valence-electron chi connectivity index (χ2n) is 4.38. The van der Waals surface area contributed by atoms with E-state index in [-0.39, 0.29) is 0 Å². The van der Waals surface area contributed by atoms with Gasteiger partial charge in [-0.3, -0.25) is 0 Å². The van der Waals surface area contributed by atoms with Crippen molar-refractivity contribution in [1.82, 2.24) is 10.3 Å². The summed E-state index contributed by atoms with van der Waals surface area (Å²) in [6.07, 6.45) is 3.21. The van der Waals surface area contributed by atoms with Crippen molar-refractivity contribution in [3.63, 3.8) is 0 Å². The molecule has 0 amide bonds. The largest absolute Gasteiger partial charge is 0.316 e. The van der Waals surface area contributed by atoms with E-state index < -0.39 is 0 Å². The van der Waals surface area contributed by atoms with Gasteiger partial charge >= 0.3 is 0 Å². The fraction of sp³-hybridized carbons (Fsp3) is 0.750. The Labute approximate surface area is 97.1 Å². The van der Waals surface area contributed by atoms with Crippen molar-refractivity contribution in [2.45, 2.75) is 40.0 Å². The summed E-state index contributed by atoms with van der Waals surface area (Å²) in [6.45, 7) is 11.0. The lowest BCUT2D eigenvalue weighted by Crippen LogP contribution is -2.25. The highest BCUT2D eigenvalue weighted by Crippen LogP contribution is 2.20. The van der Waals surface area contributed by atoms with Crippen LogP contribution in [-0.2, 0) is 0 Å². The van der Waals surface area contributed by atoms with E-state index in [4.69, 9.17) is 0 Å². The number of hydrogen-bond donors (Lipinski definition) is 1. The molecule has 0 saturated carbocycles. The molecule has 86 valence electrons. The van der Waals surface area contributed by atoms with Crippen LogP contribution in [0, 0.1) is 12.8 Å². The summed E-state index contributed by atoms with van der Waals surface area (Å²) < 4.78 is 0. The minimum Gasteiger partial charge on any atom is -0.316 e. The summed E-state index contributed by atoms with van der Waals surface area (Å²) in [7, 11) is 0. The third-order valence-electron chi connectivity index (χ3n) is 2.70. The van der Waals surface area contributed by atoms with Gasteiger partial charge in [-0.05, 0) is 19.4 Å². The second-order valence-corrected chi connectivity index (χ2v) is 5.65. The first-order valence-corrected chi connectivity index (χ1v) is 6.58. The topological polar surface area (TPSA) is 24.9 Å². The lowest BCUT2D eigenvalue weighted by molar-refractivity contribution is 0.486. The number of rotatable bonds is 6. The van der Waals surface area contributed by atoms with E-state index in [0.717, 1.165) is 19.0 Å². The molecular formula is C12H22N2S. The summed E-state index contributed by atoms with van der Waals surface area (Å²) in [5.41, 5.74) is 0. The quantitative estimate of drug-likeness (QED) is 0.806. The first-order valence-electron chi connectivity index (χ1n) is 5.76. The van der Waals surface area contributed by atoms with Gasteiger partial charge in [0, 0.05) is 23.5 Å². The zero-order valence-corrected chi connectivity index (χ0v) is 11.0. The molecule has 1 rings (SSSR count). The van der Waals surface area contributed by atoms with Crippen LogP contribution in [0.2, 0.25) is 0 Å². The summed E-state index contributed by atoms with van der Waals surface area (Å²) in [4.78, 5) is 5.72. The molecule has 0 aliphatic rings. The number of hydrogen-bond acceptors (Lipinski definition) is 3. The fourth-order valence-corrected chi connectivity index (χ4v) is 2.20. The third-order valence-corrected chi connectivity index (χ3v) is 3.85. The van der Waals surface area contributed by atoms with Crippen LogP contribution in [0.3, 0.4) is 0 Å².